The highest BCUT2D eigenvalue weighted by Gasteiger charge is 2.27. The molecule has 0 radical (unpaired) electrons. The number of hydrogen-bond donors (Lipinski definition) is 0. The first-order valence-corrected chi connectivity index (χ1v) is 12.3. The third kappa shape index (κ3) is 5.64. The highest BCUT2D eigenvalue weighted by molar-refractivity contribution is 5.91. The Morgan fingerprint density at radius 2 is 1.61 bits per heavy atom. The summed E-state index contributed by atoms with van der Waals surface area (Å²) in [5.74, 6) is -2.86. The minimum absolute atomic E-state index is 0.0638. The molecule has 188 valence electrons. The summed E-state index contributed by atoms with van der Waals surface area (Å²) < 4.78 is 54.4. The largest absolute Gasteiger partial charge is 0.491 e. The van der Waals surface area contributed by atoms with E-state index in [1.807, 2.05) is 13.0 Å². The molecule has 1 saturated carbocycles. The van der Waals surface area contributed by atoms with Crippen LogP contribution in [0.3, 0.4) is 0 Å². The minimum atomic E-state index is -1.19. The number of allylic oxidation sites excluding steroid dienone is 2. The number of rotatable bonds is 7. The van der Waals surface area contributed by atoms with Crippen LogP contribution in [0, 0.1) is 23.4 Å². The zero-order valence-corrected chi connectivity index (χ0v) is 20.4. The molecule has 0 aromatic heterocycles. The fraction of sp³-hybridized carbons (Fsp3) is 0.300. The molecule has 0 amide bonds. The van der Waals surface area contributed by atoms with Gasteiger partial charge >= 0.3 is 5.97 Å². The van der Waals surface area contributed by atoms with Gasteiger partial charge in [-0.15, -0.1) is 0 Å². The lowest BCUT2D eigenvalue weighted by Gasteiger charge is -2.27. The minimum Gasteiger partial charge on any atom is -0.491 e. The highest BCUT2D eigenvalue weighted by Crippen LogP contribution is 2.38. The predicted molar refractivity (Wildman–Crippen MR) is 134 cm³/mol. The van der Waals surface area contributed by atoms with E-state index in [-0.39, 0.29) is 17.4 Å². The number of esters is 1. The van der Waals surface area contributed by atoms with Crippen LogP contribution >= 0.6 is 0 Å². The van der Waals surface area contributed by atoms with Gasteiger partial charge in [0.05, 0.1) is 12.2 Å². The Hall–Kier alpha value is -3.54. The molecule has 0 aliphatic heterocycles. The molecule has 1 aliphatic carbocycles. The van der Waals surface area contributed by atoms with Gasteiger partial charge in [-0.25, -0.2) is 18.0 Å². The molecule has 4 rings (SSSR count). The van der Waals surface area contributed by atoms with Crippen LogP contribution in [0.4, 0.5) is 13.2 Å². The quantitative estimate of drug-likeness (QED) is 0.188. The third-order valence-electron chi connectivity index (χ3n) is 6.64. The van der Waals surface area contributed by atoms with Gasteiger partial charge in [0.15, 0.2) is 23.2 Å². The van der Waals surface area contributed by atoms with Gasteiger partial charge < -0.3 is 9.47 Å². The Labute approximate surface area is 209 Å². The van der Waals surface area contributed by atoms with E-state index in [0.29, 0.717) is 29.2 Å². The second kappa shape index (κ2) is 11.5. The zero-order chi connectivity index (χ0) is 25.7. The van der Waals surface area contributed by atoms with Crippen molar-refractivity contribution in [1.82, 2.24) is 0 Å². The van der Waals surface area contributed by atoms with Crippen LogP contribution in [0.5, 0.6) is 11.5 Å². The number of halogens is 3. The molecule has 3 aromatic rings. The highest BCUT2D eigenvalue weighted by atomic mass is 19.2. The van der Waals surface area contributed by atoms with Gasteiger partial charge in [-0.2, -0.15) is 0 Å². The third-order valence-corrected chi connectivity index (χ3v) is 6.64. The molecular weight excluding hydrogens is 465 g/mol. The van der Waals surface area contributed by atoms with Gasteiger partial charge in [0, 0.05) is 0 Å². The summed E-state index contributed by atoms with van der Waals surface area (Å²) in [6, 6.07) is 13.8. The van der Waals surface area contributed by atoms with Crippen LogP contribution in [-0.4, -0.2) is 12.6 Å². The van der Waals surface area contributed by atoms with Crippen molar-refractivity contribution in [3.63, 3.8) is 0 Å². The summed E-state index contributed by atoms with van der Waals surface area (Å²) in [6.07, 6.45) is 7.60. The normalized spacial score (nSPS) is 17.8. The summed E-state index contributed by atoms with van der Waals surface area (Å²) >= 11 is 0. The van der Waals surface area contributed by atoms with Crippen LogP contribution in [-0.2, 0) is 0 Å². The van der Waals surface area contributed by atoms with Crippen molar-refractivity contribution < 1.29 is 27.4 Å². The first-order chi connectivity index (χ1) is 17.4. The maximum atomic E-state index is 14.9. The molecule has 36 heavy (non-hydrogen) atoms. The average molecular weight is 495 g/mol. The Balaban J connectivity index is 1.44. The molecule has 3 aromatic carbocycles. The summed E-state index contributed by atoms with van der Waals surface area (Å²) in [5, 5.41) is 0. The maximum Gasteiger partial charge on any atom is 0.346 e. The predicted octanol–water partition coefficient (Wildman–Crippen LogP) is 8.24. The number of hydrogen-bond acceptors (Lipinski definition) is 3. The van der Waals surface area contributed by atoms with Crippen molar-refractivity contribution in [2.24, 2.45) is 5.92 Å². The van der Waals surface area contributed by atoms with E-state index in [4.69, 9.17) is 9.47 Å². The van der Waals surface area contributed by atoms with Crippen LogP contribution in [0.15, 0.2) is 66.7 Å². The van der Waals surface area contributed by atoms with Gasteiger partial charge in [0.25, 0.3) is 0 Å². The summed E-state index contributed by atoms with van der Waals surface area (Å²) in [5.41, 5.74) is 1.19. The second-order valence-electron chi connectivity index (χ2n) is 8.96. The van der Waals surface area contributed by atoms with E-state index < -0.39 is 29.0 Å². The van der Waals surface area contributed by atoms with Crippen molar-refractivity contribution in [3.8, 4) is 22.6 Å². The van der Waals surface area contributed by atoms with Crippen molar-refractivity contribution in [1.29, 1.82) is 0 Å². The van der Waals surface area contributed by atoms with Crippen molar-refractivity contribution in [3.05, 3.63) is 95.3 Å². The molecule has 6 heteroatoms. The lowest BCUT2D eigenvalue weighted by Crippen LogP contribution is -2.16. The molecule has 0 heterocycles. The van der Waals surface area contributed by atoms with E-state index in [1.165, 1.54) is 30.3 Å². The number of ether oxygens (including phenoxy) is 2. The zero-order valence-electron chi connectivity index (χ0n) is 20.4. The van der Waals surface area contributed by atoms with Crippen LogP contribution < -0.4 is 9.47 Å². The first kappa shape index (κ1) is 25.5. The lowest BCUT2D eigenvalue weighted by molar-refractivity contribution is 0.0728. The second-order valence-corrected chi connectivity index (χ2v) is 8.96. The smallest absolute Gasteiger partial charge is 0.346 e. The molecule has 3 nitrogen and oxygen atoms in total. The molecule has 0 N–H and O–H groups in total. The Bertz CT molecular complexity index is 1240. The van der Waals surface area contributed by atoms with Crippen molar-refractivity contribution >= 4 is 5.97 Å². The van der Waals surface area contributed by atoms with Crippen molar-refractivity contribution in [2.75, 3.05) is 6.61 Å². The summed E-state index contributed by atoms with van der Waals surface area (Å²) in [7, 11) is 0. The summed E-state index contributed by atoms with van der Waals surface area (Å²) in [6.45, 7) is 4.12. The average Bonchev–Trinajstić information content (AvgIpc) is 2.88. The summed E-state index contributed by atoms with van der Waals surface area (Å²) in [4.78, 5) is 12.6. The molecule has 0 atom stereocenters. The van der Waals surface area contributed by atoms with Gasteiger partial charge in [-0.3, -0.25) is 0 Å². The molecule has 0 unspecified atom stereocenters. The molecule has 0 spiro atoms. The Kier molecular flexibility index (Phi) is 8.14. The van der Waals surface area contributed by atoms with Crippen LogP contribution in [0.25, 0.3) is 11.1 Å². The SMILES string of the molecule is CC=CC1CCC(c2ccc(C(=O)Oc3ccc(-c4ccc(OCC)c(F)c4)cc3)c(F)c2F)CC1. The molecule has 0 saturated heterocycles. The van der Waals surface area contributed by atoms with E-state index in [0.717, 1.165) is 25.7 Å². The van der Waals surface area contributed by atoms with Crippen molar-refractivity contribution in [2.45, 2.75) is 45.4 Å². The van der Waals surface area contributed by atoms with E-state index >= 15 is 0 Å². The number of carbonyl (C=O) groups excluding carboxylic acids is 1. The van der Waals surface area contributed by atoms with Gasteiger partial charge in [0.1, 0.15) is 5.75 Å². The van der Waals surface area contributed by atoms with Gasteiger partial charge in [-0.1, -0.05) is 36.4 Å². The van der Waals surface area contributed by atoms with E-state index in [9.17, 15) is 18.0 Å². The fourth-order valence-electron chi connectivity index (χ4n) is 4.76. The maximum absolute atomic E-state index is 14.9. The van der Waals surface area contributed by atoms with E-state index in [1.54, 1.807) is 31.2 Å². The Morgan fingerprint density at radius 3 is 2.25 bits per heavy atom. The standard InChI is InChI=1S/C30H29F3O3/c1-3-5-19-6-8-21(9-7-19)24-15-16-25(29(33)28(24)32)30(34)36-23-13-10-20(11-14-23)22-12-17-27(35-4-2)26(31)18-22/h3,5,10-19,21H,4,6-9H2,1-2H3. The van der Waals surface area contributed by atoms with Crippen LogP contribution in [0.2, 0.25) is 0 Å². The fourth-order valence-corrected chi connectivity index (χ4v) is 4.76. The van der Waals surface area contributed by atoms with E-state index in [2.05, 4.69) is 6.08 Å². The van der Waals surface area contributed by atoms with Gasteiger partial charge in [0.2, 0.25) is 0 Å². The molecule has 1 aliphatic rings. The monoisotopic (exact) mass is 494 g/mol. The molecular formula is C30H29F3O3. The first-order valence-electron chi connectivity index (χ1n) is 12.3. The lowest BCUT2D eigenvalue weighted by atomic mass is 9.78. The topological polar surface area (TPSA) is 35.5 Å². The number of benzene rings is 3. The molecule has 1 fully saturated rings. The molecule has 0 bridgehead atoms. The Morgan fingerprint density at radius 1 is 0.917 bits per heavy atom. The van der Waals surface area contributed by atoms with Gasteiger partial charge in [-0.05, 0) is 98.4 Å². The van der Waals surface area contributed by atoms with Crippen LogP contribution in [0.1, 0.15) is 61.4 Å². The number of carbonyl (C=O) groups is 1.